The number of anilines is 1. The summed E-state index contributed by atoms with van der Waals surface area (Å²) in [7, 11) is 1.87. The van der Waals surface area contributed by atoms with E-state index in [1.54, 1.807) is 18.2 Å². The van der Waals surface area contributed by atoms with Crippen LogP contribution in [0.2, 0.25) is 0 Å². The van der Waals surface area contributed by atoms with Crippen molar-refractivity contribution in [2.75, 3.05) is 12.4 Å². The standard InChI is InChI=1S/C13H15NO/c1-4-12-9-11(6-5-10(2)15)7-8-13(12)14-3/h4-9,14H,1H2,2-3H3/b6-5+. The molecule has 15 heavy (non-hydrogen) atoms. The summed E-state index contributed by atoms with van der Waals surface area (Å²) in [4.78, 5) is 10.8. The molecule has 78 valence electrons. The van der Waals surface area contributed by atoms with Gasteiger partial charge in [-0.3, -0.25) is 4.79 Å². The Morgan fingerprint density at radius 2 is 2.20 bits per heavy atom. The lowest BCUT2D eigenvalue weighted by molar-refractivity contribution is -0.112. The third-order valence-corrected chi connectivity index (χ3v) is 2.08. The third kappa shape index (κ3) is 3.09. The molecule has 0 aliphatic rings. The topological polar surface area (TPSA) is 29.1 Å². The van der Waals surface area contributed by atoms with Crippen molar-refractivity contribution < 1.29 is 4.79 Å². The van der Waals surface area contributed by atoms with Gasteiger partial charge in [0.05, 0.1) is 0 Å². The fourth-order valence-electron chi connectivity index (χ4n) is 1.30. The minimum Gasteiger partial charge on any atom is -0.388 e. The number of carbonyl (C=O) groups excluding carboxylic acids is 1. The number of nitrogens with one attached hydrogen (secondary N) is 1. The van der Waals surface area contributed by atoms with Crippen LogP contribution in [0.1, 0.15) is 18.1 Å². The molecular weight excluding hydrogens is 186 g/mol. The zero-order chi connectivity index (χ0) is 11.3. The largest absolute Gasteiger partial charge is 0.388 e. The average molecular weight is 201 g/mol. The van der Waals surface area contributed by atoms with Gasteiger partial charge in [-0.2, -0.15) is 0 Å². The Balaban J connectivity index is 3.03. The number of carbonyl (C=O) groups is 1. The van der Waals surface area contributed by atoms with Crippen LogP contribution in [0.5, 0.6) is 0 Å². The van der Waals surface area contributed by atoms with Crippen LogP contribution in [0, 0.1) is 0 Å². The zero-order valence-electron chi connectivity index (χ0n) is 9.08. The molecule has 0 saturated carbocycles. The minimum atomic E-state index is 0.0489. The summed E-state index contributed by atoms with van der Waals surface area (Å²) in [5, 5.41) is 3.08. The molecule has 0 aromatic heterocycles. The lowest BCUT2D eigenvalue weighted by atomic mass is 10.1. The van der Waals surface area contributed by atoms with Gasteiger partial charge < -0.3 is 5.32 Å². The van der Waals surface area contributed by atoms with Gasteiger partial charge in [0.2, 0.25) is 0 Å². The number of allylic oxidation sites excluding steroid dienone is 1. The second-order valence-corrected chi connectivity index (χ2v) is 3.24. The van der Waals surface area contributed by atoms with Gasteiger partial charge in [0.1, 0.15) is 0 Å². The molecule has 0 spiro atoms. The highest BCUT2D eigenvalue weighted by Gasteiger charge is 1.97. The van der Waals surface area contributed by atoms with Crippen molar-refractivity contribution in [3.8, 4) is 0 Å². The molecule has 0 atom stereocenters. The summed E-state index contributed by atoms with van der Waals surface area (Å²) in [5.41, 5.74) is 3.06. The van der Waals surface area contributed by atoms with Crippen LogP contribution in [-0.2, 0) is 4.79 Å². The molecule has 0 amide bonds. The predicted molar refractivity (Wildman–Crippen MR) is 65.8 cm³/mol. The Morgan fingerprint density at radius 3 is 2.73 bits per heavy atom. The molecule has 1 aromatic carbocycles. The van der Waals surface area contributed by atoms with Crippen molar-refractivity contribution in [3.63, 3.8) is 0 Å². The highest BCUT2D eigenvalue weighted by molar-refractivity contribution is 5.91. The van der Waals surface area contributed by atoms with Crippen molar-refractivity contribution in [3.05, 3.63) is 42.0 Å². The monoisotopic (exact) mass is 201 g/mol. The quantitative estimate of drug-likeness (QED) is 0.759. The van der Waals surface area contributed by atoms with Crippen LogP contribution in [0.15, 0.2) is 30.9 Å². The van der Waals surface area contributed by atoms with Gasteiger partial charge in [-0.25, -0.2) is 0 Å². The van der Waals surface area contributed by atoms with Crippen molar-refractivity contribution in [1.82, 2.24) is 0 Å². The van der Waals surface area contributed by atoms with E-state index in [-0.39, 0.29) is 5.78 Å². The minimum absolute atomic E-state index is 0.0489. The van der Waals surface area contributed by atoms with Crippen LogP contribution in [0.3, 0.4) is 0 Å². The second-order valence-electron chi connectivity index (χ2n) is 3.24. The van der Waals surface area contributed by atoms with Gasteiger partial charge in [0, 0.05) is 12.7 Å². The highest BCUT2D eigenvalue weighted by Crippen LogP contribution is 2.18. The number of hydrogen-bond donors (Lipinski definition) is 1. The molecule has 0 unspecified atom stereocenters. The molecule has 0 radical (unpaired) electrons. The highest BCUT2D eigenvalue weighted by atomic mass is 16.1. The number of hydrogen-bond acceptors (Lipinski definition) is 2. The Bertz CT molecular complexity index is 405. The smallest absolute Gasteiger partial charge is 0.152 e. The van der Waals surface area contributed by atoms with Gasteiger partial charge in [0.15, 0.2) is 5.78 Å². The van der Waals surface area contributed by atoms with E-state index in [2.05, 4.69) is 11.9 Å². The number of benzene rings is 1. The van der Waals surface area contributed by atoms with Crippen LogP contribution in [0.25, 0.3) is 12.2 Å². The van der Waals surface area contributed by atoms with Crippen molar-refractivity contribution in [2.24, 2.45) is 0 Å². The molecule has 2 heteroatoms. The van der Waals surface area contributed by atoms with Gasteiger partial charge >= 0.3 is 0 Å². The molecule has 0 heterocycles. The Kier molecular flexibility index (Phi) is 3.86. The van der Waals surface area contributed by atoms with Crippen molar-refractivity contribution in [1.29, 1.82) is 0 Å². The third-order valence-electron chi connectivity index (χ3n) is 2.08. The lowest BCUT2D eigenvalue weighted by Crippen LogP contribution is -1.91. The molecule has 1 aromatic rings. The first-order valence-electron chi connectivity index (χ1n) is 4.80. The Hall–Kier alpha value is -1.83. The van der Waals surface area contributed by atoms with Crippen LogP contribution < -0.4 is 5.32 Å². The van der Waals surface area contributed by atoms with Gasteiger partial charge in [-0.05, 0) is 36.3 Å². The average Bonchev–Trinajstić information content (AvgIpc) is 2.25. The normalized spacial score (nSPS) is 10.3. The van der Waals surface area contributed by atoms with E-state index in [0.717, 1.165) is 16.8 Å². The van der Waals surface area contributed by atoms with E-state index in [1.165, 1.54) is 6.92 Å². The summed E-state index contributed by atoms with van der Waals surface area (Å²) in [5.74, 6) is 0.0489. The maximum atomic E-state index is 10.8. The van der Waals surface area contributed by atoms with Gasteiger partial charge in [-0.15, -0.1) is 0 Å². The van der Waals surface area contributed by atoms with Crippen LogP contribution in [0.4, 0.5) is 5.69 Å². The lowest BCUT2D eigenvalue weighted by Gasteiger charge is -2.05. The molecule has 1 rings (SSSR count). The predicted octanol–water partition coefficient (Wildman–Crippen LogP) is 2.97. The zero-order valence-corrected chi connectivity index (χ0v) is 9.08. The number of ketones is 1. The first-order valence-corrected chi connectivity index (χ1v) is 4.80. The van der Waals surface area contributed by atoms with Crippen molar-refractivity contribution in [2.45, 2.75) is 6.92 Å². The second kappa shape index (κ2) is 5.15. The summed E-state index contributed by atoms with van der Waals surface area (Å²) in [6, 6.07) is 5.91. The molecule has 1 N–H and O–H groups in total. The molecule has 0 bridgehead atoms. The van der Waals surface area contributed by atoms with Crippen molar-refractivity contribution >= 4 is 23.6 Å². The molecule has 0 aliphatic heterocycles. The molecule has 0 aliphatic carbocycles. The van der Waals surface area contributed by atoms with E-state index >= 15 is 0 Å². The summed E-state index contributed by atoms with van der Waals surface area (Å²) in [6.45, 7) is 5.28. The fourth-order valence-corrected chi connectivity index (χ4v) is 1.30. The Morgan fingerprint density at radius 1 is 1.47 bits per heavy atom. The molecule has 0 saturated heterocycles. The summed E-state index contributed by atoms with van der Waals surface area (Å²) >= 11 is 0. The maximum absolute atomic E-state index is 10.8. The van der Waals surface area contributed by atoms with E-state index in [1.807, 2.05) is 25.2 Å². The summed E-state index contributed by atoms with van der Waals surface area (Å²) < 4.78 is 0. The van der Waals surface area contributed by atoms with Gasteiger partial charge in [-0.1, -0.05) is 24.8 Å². The first kappa shape index (κ1) is 11.2. The molecule has 0 fully saturated rings. The first-order chi connectivity index (χ1) is 7.17. The van der Waals surface area contributed by atoms with Crippen LogP contribution in [-0.4, -0.2) is 12.8 Å². The SMILES string of the molecule is C=Cc1cc(/C=C/C(C)=O)ccc1NC. The van der Waals surface area contributed by atoms with Crippen LogP contribution >= 0.6 is 0 Å². The Labute approximate surface area is 90.3 Å². The molecule has 2 nitrogen and oxygen atoms in total. The number of rotatable bonds is 4. The van der Waals surface area contributed by atoms with E-state index in [0.29, 0.717) is 0 Å². The van der Waals surface area contributed by atoms with E-state index in [4.69, 9.17) is 0 Å². The van der Waals surface area contributed by atoms with E-state index < -0.39 is 0 Å². The van der Waals surface area contributed by atoms with Gasteiger partial charge in [0.25, 0.3) is 0 Å². The summed E-state index contributed by atoms with van der Waals surface area (Å²) in [6.07, 6.45) is 5.15. The maximum Gasteiger partial charge on any atom is 0.152 e. The van der Waals surface area contributed by atoms with E-state index in [9.17, 15) is 4.79 Å². The molecular formula is C13H15NO. The fraction of sp³-hybridized carbons (Fsp3) is 0.154.